The van der Waals surface area contributed by atoms with Crippen LogP contribution in [0.4, 0.5) is 0 Å². The third kappa shape index (κ3) is 2.35. The quantitative estimate of drug-likeness (QED) is 0.879. The predicted molar refractivity (Wildman–Crippen MR) is 75.1 cm³/mol. The van der Waals surface area contributed by atoms with Gasteiger partial charge in [0.2, 0.25) is 5.91 Å². The van der Waals surface area contributed by atoms with Crippen LogP contribution in [0.5, 0.6) is 0 Å². The number of carbonyl (C=O) groups excluding carboxylic acids is 1. The van der Waals surface area contributed by atoms with Crippen molar-refractivity contribution in [2.45, 2.75) is 63.0 Å². The van der Waals surface area contributed by atoms with E-state index in [2.05, 4.69) is 10.2 Å². The van der Waals surface area contributed by atoms with Crippen molar-refractivity contribution < 1.29 is 9.90 Å². The van der Waals surface area contributed by atoms with Gasteiger partial charge in [0.1, 0.15) is 0 Å². The van der Waals surface area contributed by atoms with E-state index in [0.717, 1.165) is 57.1 Å². The van der Waals surface area contributed by atoms with Crippen LogP contribution < -0.4 is 0 Å². The monoisotopic (exact) mass is 277 g/mol. The number of amides is 1. The first kappa shape index (κ1) is 13.6. The molecule has 2 N–H and O–H groups in total. The number of aromatic nitrogens is 2. The second-order valence-electron chi connectivity index (χ2n) is 6.12. The Morgan fingerprint density at radius 2 is 2.35 bits per heavy atom. The number of carbonyl (C=O) groups is 1. The number of likely N-dealkylation sites (tertiary alicyclic amines) is 1. The minimum absolute atomic E-state index is 0.215. The van der Waals surface area contributed by atoms with Gasteiger partial charge in [-0.25, -0.2) is 0 Å². The molecule has 2 atom stereocenters. The Labute approximate surface area is 119 Å². The molecular weight excluding hydrogens is 254 g/mol. The summed E-state index contributed by atoms with van der Waals surface area (Å²) in [5.74, 6) is 0.215. The molecule has 1 aliphatic heterocycles. The van der Waals surface area contributed by atoms with Crippen LogP contribution >= 0.6 is 0 Å². The number of hydrogen-bond acceptors (Lipinski definition) is 3. The van der Waals surface area contributed by atoms with Gasteiger partial charge in [-0.2, -0.15) is 5.10 Å². The van der Waals surface area contributed by atoms with Crippen LogP contribution in [-0.2, 0) is 11.2 Å². The van der Waals surface area contributed by atoms with Gasteiger partial charge in [0.25, 0.3) is 0 Å². The lowest BCUT2D eigenvalue weighted by molar-refractivity contribution is -0.138. The maximum absolute atomic E-state index is 12.5. The summed E-state index contributed by atoms with van der Waals surface area (Å²) in [6, 6.07) is 0. The van der Waals surface area contributed by atoms with E-state index in [-0.39, 0.29) is 17.6 Å². The first-order chi connectivity index (χ1) is 9.72. The number of nitrogens with one attached hydrogen (secondary N) is 1. The molecule has 1 aromatic heterocycles. The number of hydrogen-bond donors (Lipinski definition) is 2. The van der Waals surface area contributed by atoms with Crippen molar-refractivity contribution in [3.8, 4) is 0 Å². The third-order valence-corrected chi connectivity index (χ3v) is 4.95. The molecule has 3 rings (SSSR count). The predicted octanol–water partition coefficient (Wildman–Crippen LogP) is 1.64. The molecule has 0 bridgehead atoms. The highest BCUT2D eigenvalue weighted by molar-refractivity contribution is 5.77. The lowest BCUT2D eigenvalue weighted by Crippen LogP contribution is -2.52. The van der Waals surface area contributed by atoms with Crippen LogP contribution in [0.2, 0.25) is 0 Å². The number of nitrogens with zero attached hydrogens (tertiary/aromatic N) is 2. The minimum atomic E-state index is -0.317. The van der Waals surface area contributed by atoms with E-state index >= 15 is 0 Å². The van der Waals surface area contributed by atoms with E-state index in [9.17, 15) is 9.90 Å². The summed E-state index contributed by atoms with van der Waals surface area (Å²) in [4.78, 5) is 14.5. The van der Waals surface area contributed by atoms with Crippen LogP contribution in [0, 0.1) is 0 Å². The topological polar surface area (TPSA) is 69.2 Å². The zero-order chi connectivity index (χ0) is 14.0. The summed E-state index contributed by atoms with van der Waals surface area (Å²) in [5.41, 5.74) is 0.919. The fraction of sp³-hybridized carbons (Fsp3) is 0.733. The largest absolute Gasteiger partial charge is 0.391 e. The van der Waals surface area contributed by atoms with Crippen LogP contribution in [-0.4, -0.2) is 44.3 Å². The standard InChI is InChI=1S/C15H23N3O2/c19-13-5-2-7-15(13)8-3-9-18(15)14(20)6-1-4-12-10-16-17-11-12/h10-11,13,19H,1-9H2,(H,16,17)/t13-,15-/m1/s1. The van der Waals surface area contributed by atoms with Crippen molar-refractivity contribution in [3.63, 3.8) is 0 Å². The summed E-state index contributed by atoms with van der Waals surface area (Å²) in [7, 11) is 0. The van der Waals surface area contributed by atoms with Gasteiger partial charge in [0.15, 0.2) is 0 Å². The van der Waals surface area contributed by atoms with Crippen LogP contribution in [0.25, 0.3) is 0 Å². The van der Waals surface area contributed by atoms with Crippen LogP contribution in [0.15, 0.2) is 12.4 Å². The molecule has 1 saturated carbocycles. The summed E-state index contributed by atoms with van der Waals surface area (Å²) in [5, 5.41) is 17.0. The molecular formula is C15H23N3O2. The normalized spacial score (nSPS) is 29.4. The van der Waals surface area contributed by atoms with Crippen molar-refractivity contribution >= 4 is 5.91 Å². The summed E-state index contributed by atoms with van der Waals surface area (Å²) >= 11 is 0. The van der Waals surface area contributed by atoms with Gasteiger partial charge in [-0.1, -0.05) is 0 Å². The molecule has 2 fully saturated rings. The van der Waals surface area contributed by atoms with Crippen molar-refractivity contribution in [2.24, 2.45) is 0 Å². The zero-order valence-corrected chi connectivity index (χ0v) is 11.8. The first-order valence-electron chi connectivity index (χ1n) is 7.68. The Hall–Kier alpha value is -1.36. The lowest BCUT2D eigenvalue weighted by Gasteiger charge is -2.38. The minimum Gasteiger partial charge on any atom is -0.391 e. The van der Waals surface area contributed by atoms with E-state index < -0.39 is 0 Å². The second kappa shape index (κ2) is 5.56. The molecule has 0 unspecified atom stereocenters. The van der Waals surface area contributed by atoms with Crippen molar-refractivity contribution in [1.29, 1.82) is 0 Å². The van der Waals surface area contributed by atoms with Gasteiger partial charge >= 0.3 is 0 Å². The average Bonchev–Trinajstić information content (AvgIpc) is 3.14. The third-order valence-electron chi connectivity index (χ3n) is 4.95. The molecule has 2 aliphatic rings. The molecule has 110 valence electrons. The summed E-state index contributed by atoms with van der Waals surface area (Å²) in [6.07, 6.45) is 10.5. The summed E-state index contributed by atoms with van der Waals surface area (Å²) < 4.78 is 0. The van der Waals surface area contributed by atoms with Gasteiger partial charge in [0, 0.05) is 19.2 Å². The number of rotatable bonds is 4. The Morgan fingerprint density at radius 1 is 1.50 bits per heavy atom. The molecule has 20 heavy (non-hydrogen) atoms. The van der Waals surface area contributed by atoms with E-state index in [1.165, 1.54) is 0 Å². The van der Waals surface area contributed by atoms with E-state index in [0.29, 0.717) is 6.42 Å². The Morgan fingerprint density at radius 3 is 3.05 bits per heavy atom. The highest BCUT2D eigenvalue weighted by Gasteiger charge is 2.50. The molecule has 5 heteroatoms. The maximum Gasteiger partial charge on any atom is 0.223 e. The van der Waals surface area contributed by atoms with Gasteiger partial charge < -0.3 is 10.0 Å². The number of aryl methyl sites for hydroxylation is 1. The SMILES string of the molecule is O=C(CCCc1cn[nH]c1)N1CCC[C@@]12CCC[C@H]2O. The Kier molecular flexibility index (Phi) is 3.78. The van der Waals surface area contributed by atoms with E-state index in [1.54, 1.807) is 0 Å². The lowest BCUT2D eigenvalue weighted by atomic mass is 9.91. The Balaban J connectivity index is 1.56. The molecule has 0 aromatic carbocycles. The smallest absolute Gasteiger partial charge is 0.223 e. The number of aliphatic hydroxyl groups is 1. The van der Waals surface area contributed by atoms with Crippen LogP contribution in [0.3, 0.4) is 0 Å². The van der Waals surface area contributed by atoms with Crippen LogP contribution in [0.1, 0.15) is 50.5 Å². The molecule has 1 saturated heterocycles. The zero-order valence-electron chi connectivity index (χ0n) is 11.8. The first-order valence-corrected chi connectivity index (χ1v) is 7.68. The highest BCUT2D eigenvalue weighted by Crippen LogP contribution is 2.43. The molecule has 1 spiro atoms. The number of aromatic amines is 1. The fourth-order valence-electron chi connectivity index (χ4n) is 3.91. The van der Waals surface area contributed by atoms with E-state index in [4.69, 9.17) is 0 Å². The van der Waals surface area contributed by atoms with Gasteiger partial charge in [-0.15, -0.1) is 0 Å². The van der Waals surface area contributed by atoms with Crippen molar-refractivity contribution in [2.75, 3.05) is 6.54 Å². The molecule has 1 aromatic rings. The average molecular weight is 277 g/mol. The second-order valence-corrected chi connectivity index (χ2v) is 6.12. The molecule has 1 aliphatic carbocycles. The highest BCUT2D eigenvalue weighted by atomic mass is 16.3. The van der Waals surface area contributed by atoms with Gasteiger partial charge in [-0.05, 0) is 50.5 Å². The van der Waals surface area contributed by atoms with Gasteiger partial charge in [0.05, 0.1) is 17.8 Å². The fourth-order valence-corrected chi connectivity index (χ4v) is 3.91. The van der Waals surface area contributed by atoms with Crippen molar-refractivity contribution in [3.05, 3.63) is 18.0 Å². The maximum atomic E-state index is 12.5. The molecule has 0 radical (unpaired) electrons. The van der Waals surface area contributed by atoms with E-state index in [1.807, 2.05) is 17.3 Å². The molecule has 2 heterocycles. The Bertz CT molecular complexity index is 456. The number of aliphatic hydroxyl groups excluding tert-OH is 1. The summed E-state index contributed by atoms with van der Waals surface area (Å²) in [6.45, 7) is 0.821. The molecule has 5 nitrogen and oxygen atoms in total. The van der Waals surface area contributed by atoms with Crippen molar-refractivity contribution in [1.82, 2.24) is 15.1 Å². The van der Waals surface area contributed by atoms with Gasteiger partial charge in [-0.3, -0.25) is 9.89 Å². The molecule has 1 amide bonds. The number of H-pyrrole nitrogens is 1.